The molecule has 0 fully saturated rings. The number of fused-ring (bicyclic) bond motifs is 8. The summed E-state index contributed by atoms with van der Waals surface area (Å²) < 4.78 is 10.1. The van der Waals surface area contributed by atoms with Gasteiger partial charge in [-0.25, -0.2) is 0 Å². The Morgan fingerprint density at radius 2 is 1.48 bits per heavy atom. The van der Waals surface area contributed by atoms with E-state index in [-0.39, 0.29) is 47.6 Å². The minimum atomic E-state index is -1.19. The largest absolute Gasteiger partial charge is 0.469 e. The molecule has 10 heteroatoms. The number of hydrogen-bond acceptors (Lipinski definition) is 8. The van der Waals surface area contributed by atoms with Crippen molar-refractivity contribution in [3.8, 4) is 0 Å². The second-order valence-electron chi connectivity index (χ2n) is 12.8. The fourth-order valence-corrected chi connectivity index (χ4v) is 7.71. The number of carbonyl (C=O) groups is 4. The number of nitrogens with zero attached hydrogens (tertiary/aromatic N) is 2. The molecule has 0 saturated heterocycles. The molecule has 1 aliphatic carbocycles. The maximum atomic E-state index is 14.1. The smallest absolute Gasteiger partial charge is 0.321 e. The van der Waals surface area contributed by atoms with E-state index >= 15 is 0 Å². The summed E-state index contributed by atoms with van der Waals surface area (Å²) in [5.74, 6) is -2.84. The van der Waals surface area contributed by atoms with Crippen LogP contribution in [0.4, 0.5) is 0 Å². The van der Waals surface area contributed by atoms with Gasteiger partial charge in [-0.05, 0) is 62.9 Å². The number of carbonyl (C=O) groups excluding carboxylic acids is 4. The Labute approximate surface area is 267 Å². The molecule has 0 spiro atoms. The van der Waals surface area contributed by atoms with Crippen LogP contribution >= 0.6 is 0 Å². The van der Waals surface area contributed by atoms with E-state index in [9.17, 15) is 19.2 Å². The van der Waals surface area contributed by atoms with Gasteiger partial charge in [0.25, 0.3) is 0 Å². The van der Waals surface area contributed by atoms with Gasteiger partial charge in [-0.15, -0.1) is 0 Å². The highest BCUT2D eigenvalue weighted by atomic mass is 16.5. The summed E-state index contributed by atoms with van der Waals surface area (Å²) in [4.78, 5) is 69.8. The van der Waals surface area contributed by atoms with Crippen molar-refractivity contribution in [3.05, 3.63) is 68.8 Å². The second kappa shape index (κ2) is 11.6. The van der Waals surface area contributed by atoms with E-state index in [1.807, 2.05) is 39.0 Å². The zero-order valence-corrected chi connectivity index (χ0v) is 27.6. The van der Waals surface area contributed by atoms with Crippen LogP contribution in [0, 0.1) is 13.8 Å². The Morgan fingerprint density at radius 1 is 0.848 bits per heavy atom. The number of aromatic amines is 2. The lowest BCUT2D eigenvalue weighted by Gasteiger charge is -2.18. The minimum absolute atomic E-state index is 0.0565. The number of hydrogen-bond donors (Lipinski definition) is 2. The van der Waals surface area contributed by atoms with E-state index in [1.165, 1.54) is 14.2 Å². The van der Waals surface area contributed by atoms with E-state index in [4.69, 9.17) is 19.4 Å². The lowest BCUT2D eigenvalue weighted by atomic mass is 9.84. The van der Waals surface area contributed by atoms with Gasteiger partial charge in [0.05, 0.1) is 30.9 Å². The molecule has 2 aliphatic heterocycles. The number of ether oxygens (including phenoxy) is 2. The summed E-state index contributed by atoms with van der Waals surface area (Å²) in [6.07, 6.45) is 1.39. The summed E-state index contributed by atoms with van der Waals surface area (Å²) in [5, 5.41) is 0. The molecule has 5 atom stereocenters. The number of aromatic nitrogens is 4. The van der Waals surface area contributed by atoms with Crippen LogP contribution in [0.5, 0.6) is 0 Å². The number of esters is 2. The third kappa shape index (κ3) is 4.77. The molecule has 6 rings (SSSR count). The highest BCUT2D eigenvalue weighted by molar-refractivity contribution is 6.23. The van der Waals surface area contributed by atoms with E-state index in [0.29, 0.717) is 45.5 Å². The molecular weight excluding hydrogens is 584 g/mol. The molecule has 46 heavy (non-hydrogen) atoms. The molecule has 0 amide bonds. The van der Waals surface area contributed by atoms with Crippen molar-refractivity contribution in [3.63, 3.8) is 0 Å². The van der Waals surface area contributed by atoms with Gasteiger partial charge in [0.2, 0.25) is 0 Å². The number of rotatable bonds is 6. The Kier molecular flexibility index (Phi) is 7.94. The van der Waals surface area contributed by atoms with Crippen LogP contribution in [-0.2, 0) is 19.1 Å². The molecule has 0 radical (unpaired) electrons. The van der Waals surface area contributed by atoms with Crippen LogP contribution in [0.15, 0.2) is 18.2 Å². The Bertz CT molecular complexity index is 1990. The topological polar surface area (TPSA) is 144 Å². The van der Waals surface area contributed by atoms with E-state index < -0.39 is 11.9 Å². The predicted molar refractivity (Wildman–Crippen MR) is 173 cm³/mol. The summed E-state index contributed by atoms with van der Waals surface area (Å²) in [7, 11) is 2.63. The van der Waals surface area contributed by atoms with Gasteiger partial charge in [0, 0.05) is 74.9 Å². The Balaban J connectivity index is 1.79. The van der Waals surface area contributed by atoms with Crippen LogP contribution in [0.25, 0.3) is 22.1 Å². The standard InChI is InChI=1S/C36H40N4O6/c1-9-20-15(2)22-14-27-29(19(6)41)17(4)24(38-27)12-23-16(3)21(10-11-28(42)45-7)33(39-23)31-32(36(44)46-8)35(43)30-18(5)25(40-34(30)31)13-26(20)37-22/h12-16,20-21,32,38,40H,9-11H2,1-8H3. The maximum absolute atomic E-state index is 14.1. The van der Waals surface area contributed by atoms with Gasteiger partial charge in [-0.2, -0.15) is 0 Å². The minimum Gasteiger partial charge on any atom is -0.469 e. The molecule has 3 aliphatic rings. The molecule has 5 heterocycles. The van der Waals surface area contributed by atoms with Crippen LogP contribution in [0.1, 0.15) is 137 Å². The van der Waals surface area contributed by atoms with Crippen LogP contribution in [0.2, 0.25) is 0 Å². The number of Topliss-reactive ketones (excluding diaryl/α,β-unsaturated/α-hetero) is 2. The molecule has 5 unspecified atom stereocenters. The molecule has 0 saturated carbocycles. The zero-order chi connectivity index (χ0) is 33.2. The fourth-order valence-electron chi connectivity index (χ4n) is 7.71. The van der Waals surface area contributed by atoms with E-state index in [0.717, 1.165) is 40.0 Å². The third-order valence-corrected chi connectivity index (χ3v) is 10.3. The average molecular weight is 625 g/mol. The molecular formula is C36H40N4O6. The molecule has 8 bridgehead atoms. The first-order chi connectivity index (χ1) is 21.9. The van der Waals surface area contributed by atoms with Crippen molar-refractivity contribution in [2.75, 3.05) is 14.2 Å². The van der Waals surface area contributed by atoms with Gasteiger partial charge in [0.15, 0.2) is 11.6 Å². The first kappa shape index (κ1) is 31.4. The molecule has 3 aromatic heterocycles. The first-order valence-corrected chi connectivity index (χ1v) is 15.9. The number of H-pyrrole nitrogens is 2. The SMILES string of the molecule is CCC1c2cc3[nH]c4c(c3C)C(=O)C(C(=O)OC)c4c3nc(cc4[nH]c(cc(n2)C1C)c(C(C)=O)c4C)C(C)C3CCC(=O)OC. The van der Waals surface area contributed by atoms with Gasteiger partial charge >= 0.3 is 11.9 Å². The quantitative estimate of drug-likeness (QED) is 0.175. The molecule has 3 aromatic rings. The lowest BCUT2D eigenvalue weighted by molar-refractivity contribution is -0.142. The first-order valence-electron chi connectivity index (χ1n) is 15.9. The van der Waals surface area contributed by atoms with Crippen molar-refractivity contribution in [2.24, 2.45) is 0 Å². The van der Waals surface area contributed by atoms with Gasteiger partial charge in [0.1, 0.15) is 5.92 Å². The predicted octanol–water partition coefficient (Wildman–Crippen LogP) is 6.72. The fraction of sp³-hybridized carbons (Fsp3) is 0.444. The summed E-state index contributed by atoms with van der Waals surface area (Å²) in [5.41, 5.74) is 8.84. The van der Waals surface area contributed by atoms with Crippen molar-refractivity contribution in [1.82, 2.24) is 19.9 Å². The molecule has 0 aromatic carbocycles. The number of methoxy groups -OCH3 is 2. The summed E-state index contributed by atoms with van der Waals surface area (Å²) in [6, 6.07) is 5.92. The Hall–Kier alpha value is -4.60. The molecule has 10 nitrogen and oxygen atoms in total. The van der Waals surface area contributed by atoms with E-state index in [2.05, 4.69) is 23.8 Å². The van der Waals surface area contributed by atoms with Crippen molar-refractivity contribution in [2.45, 2.75) is 90.4 Å². The van der Waals surface area contributed by atoms with Crippen LogP contribution < -0.4 is 0 Å². The van der Waals surface area contributed by atoms with Crippen LogP contribution in [-0.4, -0.2) is 57.7 Å². The van der Waals surface area contributed by atoms with Crippen molar-refractivity contribution >= 4 is 45.6 Å². The monoisotopic (exact) mass is 624 g/mol. The number of aryl methyl sites for hydroxylation is 2. The van der Waals surface area contributed by atoms with Crippen molar-refractivity contribution in [1.29, 1.82) is 0 Å². The third-order valence-electron chi connectivity index (χ3n) is 10.3. The van der Waals surface area contributed by atoms with E-state index in [1.54, 1.807) is 6.92 Å². The second-order valence-corrected chi connectivity index (χ2v) is 12.8. The summed E-state index contributed by atoms with van der Waals surface area (Å²) >= 11 is 0. The van der Waals surface area contributed by atoms with Gasteiger partial charge < -0.3 is 19.4 Å². The lowest BCUT2D eigenvalue weighted by Crippen LogP contribution is -2.21. The normalized spacial score (nSPS) is 21.8. The molecule has 2 N–H and O–H groups in total. The zero-order valence-electron chi connectivity index (χ0n) is 27.6. The van der Waals surface area contributed by atoms with Gasteiger partial charge in [-0.3, -0.25) is 29.1 Å². The van der Waals surface area contributed by atoms with Crippen LogP contribution in [0.3, 0.4) is 0 Å². The highest BCUT2D eigenvalue weighted by Crippen LogP contribution is 2.48. The van der Waals surface area contributed by atoms with Gasteiger partial charge in [-0.1, -0.05) is 20.8 Å². The maximum Gasteiger partial charge on any atom is 0.321 e. The Morgan fingerprint density at radius 3 is 2.13 bits per heavy atom. The highest BCUT2D eigenvalue weighted by Gasteiger charge is 2.45. The number of nitrogens with one attached hydrogen (secondary N) is 2. The number of ketones is 2. The molecule has 240 valence electrons. The average Bonchev–Trinajstić information content (AvgIpc) is 3.76. The van der Waals surface area contributed by atoms with Crippen molar-refractivity contribution < 1.29 is 28.7 Å². The summed E-state index contributed by atoms with van der Waals surface area (Å²) in [6.45, 7) is 11.7.